The first-order valence-corrected chi connectivity index (χ1v) is 11.0. The van der Waals surface area contributed by atoms with Gasteiger partial charge in [0.25, 0.3) is 0 Å². The van der Waals surface area contributed by atoms with Gasteiger partial charge in [-0.1, -0.05) is 30.4 Å². The second kappa shape index (κ2) is 8.24. The number of aromatic nitrogens is 1. The van der Waals surface area contributed by atoms with Crippen molar-refractivity contribution in [1.82, 2.24) is 9.29 Å². The van der Waals surface area contributed by atoms with Gasteiger partial charge in [-0.15, -0.1) is 0 Å². The lowest BCUT2D eigenvalue weighted by molar-refractivity contribution is 0.414. The van der Waals surface area contributed by atoms with Gasteiger partial charge >= 0.3 is 4.87 Å². The lowest BCUT2D eigenvalue weighted by Gasteiger charge is -2.08. The van der Waals surface area contributed by atoms with Crippen LogP contribution < -0.4 is 14.3 Å². The Bertz CT molecular complexity index is 1080. The SMILES string of the molecule is CCCn1c(=O)sc2cc(S(=O)(=O)NCCc3ccc(OC)cc3)ccc21. The fourth-order valence-corrected chi connectivity index (χ4v) is 4.94. The van der Waals surface area contributed by atoms with E-state index >= 15 is 0 Å². The topological polar surface area (TPSA) is 77.4 Å². The first kappa shape index (κ1) is 19.6. The minimum Gasteiger partial charge on any atom is -0.497 e. The van der Waals surface area contributed by atoms with Crippen LogP contribution in [0.2, 0.25) is 0 Å². The number of nitrogens with one attached hydrogen (secondary N) is 1. The van der Waals surface area contributed by atoms with E-state index in [1.807, 2.05) is 31.2 Å². The molecule has 0 fully saturated rings. The van der Waals surface area contributed by atoms with Crippen molar-refractivity contribution in [3.8, 4) is 5.75 Å². The number of thiazole rings is 1. The number of hydrogen-bond donors (Lipinski definition) is 1. The zero-order valence-corrected chi connectivity index (χ0v) is 16.9. The molecule has 1 N–H and O–H groups in total. The van der Waals surface area contributed by atoms with E-state index < -0.39 is 10.0 Å². The van der Waals surface area contributed by atoms with Gasteiger partial charge < -0.3 is 4.74 Å². The number of hydrogen-bond acceptors (Lipinski definition) is 5. The summed E-state index contributed by atoms with van der Waals surface area (Å²) in [6, 6.07) is 12.3. The molecule has 0 saturated carbocycles. The highest BCUT2D eigenvalue weighted by atomic mass is 32.2. The standard InChI is InChI=1S/C19H22N2O4S2/c1-3-12-21-17-9-8-16(13-18(17)26-19(21)22)27(23,24)20-11-10-14-4-6-15(25-2)7-5-14/h4-9,13,20H,3,10-12H2,1-2H3. The molecule has 0 aliphatic heterocycles. The van der Waals surface area contributed by atoms with Gasteiger partial charge in [-0.25, -0.2) is 13.1 Å². The van der Waals surface area contributed by atoms with Crippen LogP contribution in [0.25, 0.3) is 10.2 Å². The van der Waals surface area contributed by atoms with Crippen LogP contribution in [0.3, 0.4) is 0 Å². The Morgan fingerprint density at radius 1 is 1.15 bits per heavy atom. The van der Waals surface area contributed by atoms with Crippen LogP contribution in [-0.4, -0.2) is 26.6 Å². The van der Waals surface area contributed by atoms with Crippen molar-refractivity contribution < 1.29 is 13.2 Å². The Hall–Kier alpha value is -2.16. The third-order valence-corrected chi connectivity index (χ3v) is 6.66. The quantitative estimate of drug-likeness (QED) is 0.624. The molecule has 0 radical (unpaired) electrons. The largest absolute Gasteiger partial charge is 0.497 e. The molecular formula is C19H22N2O4S2. The van der Waals surface area contributed by atoms with E-state index in [-0.39, 0.29) is 9.77 Å². The van der Waals surface area contributed by atoms with Crippen LogP contribution >= 0.6 is 11.3 Å². The molecule has 0 bridgehead atoms. The molecule has 3 aromatic rings. The molecule has 0 saturated heterocycles. The van der Waals surface area contributed by atoms with Crippen molar-refractivity contribution in [3.63, 3.8) is 0 Å². The molecule has 2 aromatic carbocycles. The minimum absolute atomic E-state index is 0.0612. The summed E-state index contributed by atoms with van der Waals surface area (Å²) in [5.74, 6) is 0.765. The summed E-state index contributed by atoms with van der Waals surface area (Å²) in [5.41, 5.74) is 1.80. The third kappa shape index (κ3) is 4.40. The van der Waals surface area contributed by atoms with Gasteiger partial charge in [0.15, 0.2) is 0 Å². The zero-order chi connectivity index (χ0) is 19.4. The molecule has 0 atom stereocenters. The number of fused-ring (bicyclic) bond motifs is 1. The van der Waals surface area contributed by atoms with Crippen LogP contribution in [0.5, 0.6) is 5.75 Å². The molecule has 0 aliphatic rings. The summed E-state index contributed by atoms with van der Waals surface area (Å²) in [6.45, 7) is 2.92. The molecule has 1 heterocycles. The molecule has 144 valence electrons. The van der Waals surface area contributed by atoms with Crippen LogP contribution in [0, 0.1) is 0 Å². The number of rotatable bonds is 8. The first-order chi connectivity index (χ1) is 12.9. The Morgan fingerprint density at radius 2 is 1.89 bits per heavy atom. The second-order valence-electron chi connectivity index (χ2n) is 6.14. The van der Waals surface area contributed by atoms with E-state index in [2.05, 4.69) is 4.72 Å². The zero-order valence-electron chi connectivity index (χ0n) is 15.3. The van der Waals surface area contributed by atoms with Gasteiger partial charge in [0, 0.05) is 13.1 Å². The Morgan fingerprint density at radius 3 is 2.56 bits per heavy atom. The number of sulfonamides is 1. The number of nitrogens with zero attached hydrogens (tertiary/aromatic N) is 1. The molecule has 0 spiro atoms. The fourth-order valence-electron chi connectivity index (χ4n) is 2.85. The summed E-state index contributed by atoms with van der Waals surface area (Å²) in [7, 11) is -2.03. The van der Waals surface area contributed by atoms with Crippen molar-refractivity contribution in [2.24, 2.45) is 0 Å². The van der Waals surface area contributed by atoms with Crippen molar-refractivity contribution in [2.75, 3.05) is 13.7 Å². The van der Waals surface area contributed by atoms with Gasteiger partial charge in [-0.3, -0.25) is 9.36 Å². The average molecular weight is 407 g/mol. The molecule has 0 aliphatic carbocycles. The maximum absolute atomic E-state index is 12.6. The maximum atomic E-state index is 12.6. The predicted molar refractivity (Wildman–Crippen MR) is 108 cm³/mol. The monoisotopic (exact) mass is 406 g/mol. The Labute approximate surface area is 162 Å². The first-order valence-electron chi connectivity index (χ1n) is 8.70. The van der Waals surface area contributed by atoms with E-state index in [1.54, 1.807) is 29.9 Å². The molecule has 6 nitrogen and oxygen atoms in total. The lowest BCUT2D eigenvalue weighted by atomic mass is 10.1. The number of methoxy groups -OCH3 is 1. The molecule has 8 heteroatoms. The lowest BCUT2D eigenvalue weighted by Crippen LogP contribution is -2.26. The van der Waals surface area contributed by atoms with Crippen molar-refractivity contribution in [2.45, 2.75) is 31.2 Å². The molecule has 3 rings (SSSR count). The van der Waals surface area contributed by atoms with E-state index in [0.29, 0.717) is 24.2 Å². The molecule has 27 heavy (non-hydrogen) atoms. The Kier molecular flexibility index (Phi) is 5.98. The van der Waals surface area contributed by atoms with E-state index in [9.17, 15) is 13.2 Å². The average Bonchev–Trinajstić information content (AvgIpc) is 2.97. The van der Waals surface area contributed by atoms with Gasteiger partial charge in [0.2, 0.25) is 10.0 Å². The highest BCUT2D eigenvalue weighted by molar-refractivity contribution is 7.89. The number of ether oxygens (including phenoxy) is 1. The van der Waals surface area contributed by atoms with E-state index in [1.165, 1.54) is 0 Å². The number of aryl methyl sites for hydroxylation is 1. The van der Waals surface area contributed by atoms with Crippen LogP contribution in [0.4, 0.5) is 0 Å². The van der Waals surface area contributed by atoms with E-state index in [0.717, 1.165) is 34.6 Å². The maximum Gasteiger partial charge on any atom is 0.308 e. The smallest absolute Gasteiger partial charge is 0.308 e. The highest BCUT2D eigenvalue weighted by Crippen LogP contribution is 2.22. The second-order valence-corrected chi connectivity index (χ2v) is 8.91. The predicted octanol–water partition coefficient (Wildman–Crippen LogP) is 3.00. The van der Waals surface area contributed by atoms with Gasteiger partial charge in [-0.05, 0) is 48.7 Å². The number of benzene rings is 2. The normalized spacial score (nSPS) is 11.8. The van der Waals surface area contributed by atoms with Gasteiger partial charge in [-0.2, -0.15) is 0 Å². The van der Waals surface area contributed by atoms with Gasteiger partial charge in [0.1, 0.15) is 5.75 Å². The summed E-state index contributed by atoms with van der Waals surface area (Å²) in [4.78, 5) is 12.2. The molecule has 0 amide bonds. The Balaban J connectivity index is 1.73. The third-order valence-electron chi connectivity index (χ3n) is 4.26. The molecule has 0 unspecified atom stereocenters. The summed E-state index contributed by atoms with van der Waals surface area (Å²) >= 11 is 1.08. The molecule has 1 aromatic heterocycles. The molecular weight excluding hydrogens is 384 g/mol. The van der Waals surface area contributed by atoms with Crippen molar-refractivity contribution in [1.29, 1.82) is 0 Å². The summed E-state index contributed by atoms with van der Waals surface area (Å²) < 4.78 is 35.3. The summed E-state index contributed by atoms with van der Waals surface area (Å²) in [5, 5.41) is 0. The fraction of sp³-hybridized carbons (Fsp3) is 0.316. The van der Waals surface area contributed by atoms with Crippen molar-refractivity contribution >= 4 is 31.6 Å². The highest BCUT2D eigenvalue weighted by Gasteiger charge is 2.16. The minimum atomic E-state index is -3.63. The van der Waals surface area contributed by atoms with Crippen molar-refractivity contribution in [3.05, 3.63) is 57.7 Å². The van der Waals surface area contributed by atoms with Crippen LogP contribution in [0.15, 0.2) is 52.2 Å². The summed E-state index contributed by atoms with van der Waals surface area (Å²) in [6.07, 6.45) is 1.42. The van der Waals surface area contributed by atoms with Gasteiger partial charge in [0.05, 0.1) is 22.2 Å². The van der Waals surface area contributed by atoms with E-state index in [4.69, 9.17) is 4.74 Å². The van der Waals surface area contributed by atoms with Crippen LogP contribution in [-0.2, 0) is 23.0 Å². The van der Waals surface area contributed by atoms with Crippen LogP contribution in [0.1, 0.15) is 18.9 Å².